The van der Waals surface area contributed by atoms with Crippen molar-refractivity contribution in [2.45, 2.75) is 154 Å². The van der Waals surface area contributed by atoms with Crippen LogP contribution < -0.4 is 51.4 Å². The first kappa shape index (κ1) is 33.7. The molecule has 0 rings (SSSR count). The third-order valence-electron chi connectivity index (χ3n) is 6.03. The maximum atomic E-state index is 10.8. The smallest absolute Gasteiger partial charge is 0.748 e. The van der Waals surface area contributed by atoms with Crippen molar-refractivity contribution in [1.82, 2.24) is 0 Å². The van der Waals surface area contributed by atoms with E-state index in [0.717, 1.165) is 12.8 Å². The maximum absolute atomic E-state index is 10.8. The third-order valence-corrected chi connectivity index (χ3v) is 7.25. The Morgan fingerprint density at radius 3 is 1.33 bits per heavy atom. The molecule has 0 aromatic carbocycles. The van der Waals surface area contributed by atoms with Crippen LogP contribution in [0.15, 0.2) is 0 Å². The fraction of sp³-hybridized carbons (Fsp3) is 1.00. The van der Waals surface area contributed by atoms with Crippen LogP contribution >= 0.6 is 0 Å². The molecule has 0 fully saturated rings. The van der Waals surface area contributed by atoms with Gasteiger partial charge in [0, 0.05) is 5.25 Å². The summed E-state index contributed by atoms with van der Waals surface area (Å²) < 4.78 is 32.5. The van der Waals surface area contributed by atoms with Crippen LogP contribution in [0.4, 0.5) is 0 Å². The standard InChI is InChI=1S/C24H50O4S.K/c1-3-4-5-6-7-8-9-10-11-12-13-14-15-16-17-18-21-24(25)22-19-20-23(2)29(26,27)28;/h23-25H,3-22H2,1-2H3,(H,26,27,28);/q;+1/p-1. The molecule has 6 heteroatoms. The van der Waals surface area contributed by atoms with E-state index in [1.54, 1.807) is 0 Å². The van der Waals surface area contributed by atoms with Gasteiger partial charge in [-0.15, -0.1) is 0 Å². The van der Waals surface area contributed by atoms with Crippen molar-refractivity contribution in [3.8, 4) is 0 Å². The number of rotatable bonds is 22. The molecule has 0 aromatic heterocycles. The molecule has 0 saturated carbocycles. The number of unbranched alkanes of at least 4 members (excludes halogenated alkanes) is 15. The van der Waals surface area contributed by atoms with E-state index >= 15 is 0 Å². The molecule has 2 unspecified atom stereocenters. The molecule has 0 heterocycles. The first-order chi connectivity index (χ1) is 13.9. The van der Waals surface area contributed by atoms with E-state index in [0.29, 0.717) is 19.3 Å². The van der Waals surface area contributed by atoms with Crippen LogP contribution in [0.2, 0.25) is 0 Å². The average molecular weight is 473 g/mol. The molecule has 0 aliphatic heterocycles. The number of hydrogen-bond acceptors (Lipinski definition) is 4. The fourth-order valence-corrected chi connectivity index (χ4v) is 4.31. The van der Waals surface area contributed by atoms with Crippen molar-refractivity contribution in [3.63, 3.8) is 0 Å². The second-order valence-corrected chi connectivity index (χ2v) is 10.8. The van der Waals surface area contributed by atoms with Crippen LogP contribution in [-0.4, -0.2) is 29.4 Å². The van der Waals surface area contributed by atoms with E-state index < -0.39 is 15.4 Å². The predicted octanol–water partition coefficient (Wildman–Crippen LogP) is 4.11. The van der Waals surface area contributed by atoms with Crippen molar-refractivity contribution in [1.29, 1.82) is 0 Å². The van der Waals surface area contributed by atoms with Crippen molar-refractivity contribution in [3.05, 3.63) is 0 Å². The minimum Gasteiger partial charge on any atom is -0.748 e. The minimum atomic E-state index is -4.18. The molecule has 0 aromatic rings. The summed E-state index contributed by atoms with van der Waals surface area (Å²) in [6, 6.07) is 0. The van der Waals surface area contributed by atoms with Gasteiger partial charge in [-0.1, -0.05) is 110 Å². The summed E-state index contributed by atoms with van der Waals surface area (Å²) >= 11 is 0. The van der Waals surface area contributed by atoms with Gasteiger partial charge in [0.05, 0.1) is 16.2 Å². The summed E-state index contributed by atoms with van der Waals surface area (Å²) in [6.45, 7) is 3.72. The minimum absolute atomic E-state index is 0. The monoisotopic (exact) mass is 472 g/mol. The first-order valence-corrected chi connectivity index (χ1v) is 14.0. The molecule has 2 atom stereocenters. The molecule has 0 bridgehead atoms. The largest absolute Gasteiger partial charge is 1.00 e. The van der Waals surface area contributed by atoms with E-state index in [9.17, 15) is 18.1 Å². The summed E-state index contributed by atoms with van der Waals surface area (Å²) in [5.41, 5.74) is 0. The van der Waals surface area contributed by atoms with Gasteiger partial charge in [0.2, 0.25) is 0 Å². The quantitative estimate of drug-likeness (QED) is 0.146. The molecular weight excluding hydrogens is 423 g/mol. The normalized spacial score (nSPS) is 13.7. The van der Waals surface area contributed by atoms with Crippen LogP contribution in [-0.2, 0) is 10.1 Å². The predicted molar refractivity (Wildman–Crippen MR) is 123 cm³/mol. The van der Waals surface area contributed by atoms with Crippen molar-refractivity contribution in [2.75, 3.05) is 0 Å². The van der Waals surface area contributed by atoms with E-state index in [-0.39, 0.29) is 57.5 Å². The molecule has 0 aliphatic rings. The van der Waals surface area contributed by atoms with Crippen LogP contribution in [0.1, 0.15) is 142 Å². The molecule has 30 heavy (non-hydrogen) atoms. The Morgan fingerprint density at radius 1 is 0.633 bits per heavy atom. The van der Waals surface area contributed by atoms with Gasteiger partial charge in [-0.05, 0) is 32.6 Å². The van der Waals surface area contributed by atoms with Crippen LogP contribution in [0.5, 0.6) is 0 Å². The van der Waals surface area contributed by atoms with Gasteiger partial charge in [0.1, 0.15) is 0 Å². The molecular formula is C24H49KO4S. The summed E-state index contributed by atoms with van der Waals surface area (Å²) in [7, 11) is -4.18. The first-order valence-electron chi connectivity index (χ1n) is 12.5. The second kappa shape index (κ2) is 23.7. The van der Waals surface area contributed by atoms with Gasteiger partial charge in [-0.2, -0.15) is 0 Å². The van der Waals surface area contributed by atoms with Gasteiger partial charge in [0.15, 0.2) is 0 Å². The SMILES string of the molecule is CCCCCCCCCCCCCCCCCCC(O)CCCC(C)S(=O)(=O)[O-].[K+]. The molecule has 0 aliphatic carbocycles. The van der Waals surface area contributed by atoms with Crippen LogP contribution in [0, 0.1) is 0 Å². The molecule has 0 spiro atoms. The zero-order chi connectivity index (χ0) is 21.8. The van der Waals surface area contributed by atoms with Crippen molar-refractivity contribution < 1.29 is 69.5 Å². The Morgan fingerprint density at radius 2 is 0.967 bits per heavy atom. The Hall–Kier alpha value is 1.51. The Labute approximate surface area is 230 Å². The van der Waals surface area contributed by atoms with Gasteiger partial charge >= 0.3 is 51.4 Å². The molecule has 1 N–H and O–H groups in total. The third kappa shape index (κ3) is 24.2. The zero-order valence-corrected chi connectivity index (χ0v) is 24.3. The average Bonchev–Trinajstić information content (AvgIpc) is 2.66. The molecule has 4 nitrogen and oxygen atoms in total. The maximum Gasteiger partial charge on any atom is 1.00 e. The second-order valence-electron chi connectivity index (χ2n) is 8.98. The molecule has 0 amide bonds. The molecule has 176 valence electrons. The summed E-state index contributed by atoms with van der Waals surface area (Å²) in [4.78, 5) is 0. The summed E-state index contributed by atoms with van der Waals surface area (Å²) in [5, 5.41) is 9.11. The van der Waals surface area contributed by atoms with Gasteiger partial charge in [0.25, 0.3) is 0 Å². The number of hydrogen-bond donors (Lipinski definition) is 1. The Kier molecular flexibility index (Phi) is 26.6. The van der Waals surface area contributed by atoms with Crippen molar-refractivity contribution >= 4 is 10.1 Å². The summed E-state index contributed by atoms with van der Waals surface area (Å²) in [5.74, 6) is 0. The van der Waals surface area contributed by atoms with Crippen molar-refractivity contribution in [2.24, 2.45) is 0 Å². The topological polar surface area (TPSA) is 77.4 Å². The molecule has 0 saturated heterocycles. The van der Waals surface area contributed by atoms with E-state index in [4.69, 9.17) is 0 Å². The van der Waals surface area contributed by atoms with Crippen LogP contribution in [0.25, 0.3) is 0 Å². The Balaban J connectivity index is 0. The summed E-state index contributed by atoms with van der Waals surface area (Å²) in [6.07, 6.45) is 23.5. The van der Waals surface area contributed by atoms with E-state index in [1.807, 2.05) is 0 Å². The Bertz CT molecular complexity index is 442. The van der Waals surface area contributed by atoms with Gasteiger partial charge in [-0.3, -0.25) is 0 Å². The van der Waals surface area contributed by atoms with Gasteiger partial charge in [-0.25, -0.2) is 8.42 Å². The molecule has 0 radical (unpaired) electrons. The van der Waals surface area contributed by atoms with E-state index in [1.165, 1.54) is 103 Å². The zero-order valence-electron chi connectivity index (χ0n) is 20.4. The number of aliphatic hydroxyl groups excluding tert-OH is 1. The fourth-order valence-electron chi connectivity index (χ4n) is 3.86. The number of aliphatic hydroxyl groups is 1. The van der Waals surface area contributed by atoms with Gasteiger partial charge < -0.3 is 9.66 Å². The van der Waals surface area contributed by atoms with Crippen LogP contribution in [0.3, 0.4) is 0 Å². The van der Waals surface area contributed by atoms with E-state index in [2.05, 4.69) is 6.92 Å².